The van der Waals surface area contributed by atoms with Gasteiger partial charge in [0.15, 0.2) is 0 Å². The van der Waals surface area contributed by atoms with E-state index in [9.17, 15) is 4.79 Å². The Balaban J connectivity index is 1.73. The van der Waals surface area contributed by atoms with E-state index in [0.717, 1.165) is 39.0 Å². The van der Waals surface area contributed by atoms with Crippen LogP contribution in [0.1, 0.15) is 32.3 Å². The number of rotatable bonds is 4. The number of carbonyl (C=O) groups excluding carboxylic acids is 1. The summed E-state index contributed by atoms with van der Waals surface area (Å²) in [7, 11) is 0. The van der Waals surface area contributed by atoms with Crippen molar-refractivity contribution in [3.63, 3.8) is 0 Å². The van der Waals surface area contributed by atoms with Gasteiger partial charge in [-0.2, -0.15) is 0 Å². The van der Waals surface area contributed by atoms with Gasteiger partial charge in [0.25, 0.3) is 0 Å². The van der Waals surface area contributed by atoms with E-state index in [2.05, 4.69) is 53.2 Å². The number of anilines is 1. The zero-order chi connectivity index (χ0) is 14.8. The number of amides is 1. The molecule has 3 rings (SSSR count). The van der Waals surface area contributed by atoms with Crippen molar-refractivity contribution in [2.24, 2.45) is 0 Å². The highest BCUT2D eigenvalue weighted by Gasteiger charge is 2.35. The number of hydrogen-bond acceptors (Lipinski definition) is 3. The van der Waals surface area contributed by atoms with Crippen molar-refractivity contribution in [2.45, 2.75) is 45.3 Å². The number of fused-ring (bicyclic) bond motifs is 1. The Morgan fingerprint density at radius 1 is 1.29 bits per heavy atom. The summed E-state index contributed by atoms with van der Waals surface area (Å²) in [6.45, 7) is 8.04. The van der Waals surface area contributed by atoms with E-state index in [1.165, 1.54) is 11.3 Å². The summed E-state index contributed by atoms with van der Waals surface area (Å²) in [5.41, 5.74) is 2.67. The van der Waals surface area contributed by atoms with E-state index in [1.807, 2.05) is 0 Å². The Kier molecular flexibility index (Phi) is 4.15. The molecule has 0 aliphatic carbocycles. The van der Waals surface area contributed by atoms with Crippen molar-refractivity contribution in [2.75, 3.05) is 24.5 Å². The van der Waals surface area contributed by atoms with Crippen LogP contribution < -0.4 is 10.2 Å². The molecule has 1 aromatic carbocycles. The third kappa shape index (κ3) is 3.05. The Labute approximate surface area is 127 Å². The summed E-state index contributed by atoms with van der Waals surface area (Å²) in [6, 6.07) is 9.54. The van der Waals surface area contributed by atoms with E-state index < -0.39 is 0 Å². The van der Waals surface area contributed by atoms with Crippen LogP contribution in [0.5, 0.6) is 0 Å². The molecule has 2 heterocycles. The van der Waals surface area contributed by atoms with E-state index >= 15 is 0 Å². The van der Waals surface area contributed by atoms with Gasteiger partial charge >= 0.3 is 0 Å². The van der Waals surface area contributed by atoms with Crippen LogP contribution in [-0.2, 0) is 11.3 Å². The molecule has 21 heavy (non-hydrogen) atoms. The molecule has 4 heteroatoms. The van der Waals surface area contributed by atoms with Crippen LogP contribution in [0.25, 0.3) is 0 Å². The quantitative estimate of drug-likeness (QED) is 0.920. The Hall–Kier alpha value is -1.55. The van der Waals surface area contributed by atoms with Crippen LogP contribution in [-0.4, -0.2) is 42.5 Å². The van der Waals surface area contributed by atoms with E-state index in [4.69, 9.17) is 0 Å². The number of nitrogens with zero attached hydrogens (tertiary/aromatic N) is 2. The van der Waals surface area contributed by atoms with Gasteiger partial charge in [-0.25, -0.2) is 0 Å². The normalized spacial score (nSPS) is 22.0. The van der Waals surface area contributed by atoms with Gasteiger partial charge in [-0.05, 0) is 18.1 Å². The molecule has 2 aliphatic heterocycles. The maximum atomic E-state index is 11.8. The second-order valence-electron chi connectivity index (χ2n) is 6.39. The van der Waals surface area contributed by atoms with Crippen molar-refractivity contribution in [1.29, 1.82) is 0 Å². The molecular weight excluding hydrogens is 262 g/mol. The van der Waals surface area contributed by atoms with Crippen LogP contribution in [0, 0.1) is 0 Å². The molecule has 1 atom stereocenters. The average molecular weight is 287 g/mol. The topological polar surface area (TPSA) is 35.6 Å². The smallest absolute Gasteiger partial charge is 0.223 e. The van der Waals surface area contributed by atoms with Crippen LogP contribution >= 0.6 is 0 Å². The maximum Gasteiger partial charge on any atom is 0.223 e. The summed E-state index contributed by atoms with van der Waals surface area (Å²) in [5.74, 6) is 0.342. The van der Waals surface area contributed by atoms with Crippen molar-refractivity contribution in [3.8, 4) is 0 Å². The molecule has 1 amide bonds. The van der Waals surface area contributed by atoms with Crippen molar-refractivity contribution in [3.05, 3.63) is 29.8 Å². The van der Waals surface area contributed by atoms with E-state index in [0.29, 0.717) is 18.0 Å². The fourth-order valence-corrected chi connectivity index (χ4v) is 3.37. The second-order valence-corrected chi connectivity index (χ2v) is 6.39. The minimum atomic E-state index is 0.342. The Morgan fingerprint density at radius 2 is 2.10 bits per heavy atom. The fraction of sp³-hybridized carbons (Fsp3) is 0.588. The molecule has 4 nitrogen and oxygen atoms in total. The number of hydrogen-bond donors (Lipinski definition) is 1. The third-order valence-corrected chi connectivity index (χ3v) is 4.53. The molecule has 2 fully saturated rings. The summed E-state index contributed by atoms with van der Waals surface area (Å²) < 4.78 is 0. The highest BCUT2D eigenvalue weighted by atomic mass is 16.2. The van der Waals surface area contributed by atoms with E-state index in [-0.39, 0.29) is 0 Å². The Bertz CT molecular complexity index is 515. The second kappa shape index (κ2) is 6.06. The monoisotopic (exact) mass is 287 g/mol. The van der Waals surface area contributed by atoms with Gasteiger partial charge in [-0.3, -0.25) is 4.79 Å². The lowest BCUT2D eigenvalue weighted by molar-refractivity contribution is -0.129. The van der Waals surface area contributed by atoms with Gasteiger partial charge in [0.2, 0.25) is 5.91 Å². The molecule has 1 aromatic rings. The van der Waals surface area contributed by atoms with Crippen LogP contribution in [0.3, 0.4) is 0 Å². The molecule has 0 saturated carbocycles. The molecular formula is C17H25N3O. The Morgan fingerprint density at radius 3 is 2.90 bits per heavy atom. The minimum Gasteiger partial charge on any atom is -0.367 e. The van der Waals surface area contributed by atoms with Crippen molar-refractivity contribution >= 4 is 11.6 Å². The van der Waals surface area contributed by atoms with Gasteiger partial charge < -0.3 is 15.1 Å². The number of benzene rings is 1. The first kappa shape index (κ1) is 14.4. The summed E-state index contributed by atoms with van der Waals surface area (Å²) in [4.78, 5) is 16.3. The number of para-hydroxylation sites is 1. The molecule has 0 radical (unpaired) electrons. The highest BCUT2D eigenvalue weighted by molar-refractivity contribution is 5.79. The fourth-order valence-electron chi connectivity index (χ4n) is 3.37. The first-order valence-corrected chi connectivity index (χ1v) is 8.01. The molecule has 2 aliphatic rings. The first-order chi connectivity index (χ1) is 10.1. The van der Waals surface area contributed by atoms with Crippen LogP contribution in [0.4, 0.5) is 5.69 Å². The standard InChI is InChI=1S/C17H25N3O/c1-13(2)18-11-14-5-3-4-6-16(14)19-9-10-20-15(12-19)7-8-17(20)21/h3-6,13,15,18H,7-12H2,1-2H3. The largest absolute Gasteiger partial charge is 0.367 e. The van der Waals surface area contributed by atoms with E-state index in [1.54, 1.807) is 0 Å². The van der Waals surface area contributed by atoms with Crippen LogP contribution in [0.2, 0.25) is 0 Å². The number of piperazine rings is 1. The van der Waals surface area contributed by atoms with Gasteiger partial charge in [0.05, 0.1) is 0 Å². The van der Waals surface area contributed by atoms with Gasteiger partial charge in [-0.1, -0.05) is 32.0 Å². The molecule has 2 saturated heterocycles. The van der Waals surface area contributed by atoms with Gasteiger partial charge in [0.1, 0.15) is 0 Å². The van der Waals surface area contributed by atoms with Gasteiger partial charge in [0, 0.05) is 50.4 Å². The lowest BCUT2D eigenvalue weighted by Gasteiger charge is -2.39. The summed E-state index contributed by atoms with van der Waals surface area (Å²) in [6.07, 6.45) is 1.75. The predicted molar refractivity (Wildman–Crippen MR) is 85.4 cm³/mol. The molecule has 114 valence electrons. The van der Waals surface area contributed by atoms with Crippen LogP contribution in [0.15, 0.2) is 24.3 Å². The molecule has 1 N–H and O–H groups in total. The lowest BCUT2D eigenvalue weighted by Crippen LogP contribution is -2.51. The minimum absolute atomic E-state index is 0.342. The molecule has 0 bridgehead atoms. The molecule has 0 spiro atoms. The number of carbonyl (C=O) groups is 1. The molecule has 1 unspecified atom stereocenters. The zero-order valence-electron chi connectivity index (χ0n) is 13.0. The first-order valence-electron chi connectivity index (χ1n) is 8.01. The SMILES string of the molecule is CC(C)NCc1ccccc1N1CCN2C(=O)CCC2C1. The van der Waals surface area contributed by atoms with Crippen molar-refractivity contribution in [1.82, 2.24) is 10.2 Å². The maximum absolute atomic E-state index is 11.8. The lowest BCUT2D eigenvalue weighted by atomic mass is 10.1. The van der Waals surface area contributed by atoms with Gasteiger partial charge in [-0.15, -0.1) is 0 Å². The van der Waals surface area contributed by atoms with Crippen molar-refractivity contribution < 1.29 is 4.79 Å². The average Bonchev–Trinajstić information content (AvgIpc) is 2.86. The zero-order valence-corrected chi connectivity index (χ0v) is 13.0. The summed E-state index contributed by atoms with van der Waals surface area (Å²) >= 11 is 0. The molecule has 0 aromatic heterocycles. The third-order valence-electron chi connectivity index (χ3n) is 4.53. The highest BCUT2D eigenvalue weighted by Crippen LogP contribution is 2.28. The summed E-state index contributed by atoms with van der Waals surface area (Å²) in [5, 5.41) is 3.50. The predicted octanol–water partition coefficient (Wildman–Crippen LogP) is 2.00. The number of nitrogens with one attached hydrogen (secondary N) is 1.